The zero-order chi connectivity index (χ0) is 8.20. The largest absolute Gasteiger partial charge is 0.453 e. The van der Waals surface area contributed by atoms with E-state index in [0.717, 1.165) is 6.26 Å². The van der Waals surface area contributed by atoms with Crippen molar-refractivity contribution in [3.05, 3.63) is 12.8 Å². The Labute approximate surface area is 56.5 Å². The molecule has 0 aromatic carbocycles. The molecule has 1 unspecified atom stereocenters. The molecule has 0 aliphatic heterocycles. The lowest BCUT2D eigenvalue weighted by molar-refractivity contribution is -0.107. The monoisotopic (exact) mass is 174 g/mol. The molecule has 0 N–H and O–H groups in total. The van der Waals surface area contributed by atoms with Gasteiger partial charge in [0.25, 0.3) is 0 Å². The fourth-order valence-corrected chi connectivity index (χ4v) is 0.895. The Kier molecular flexibility index (Phi) is 3.50. The van der Waals surface area contributed by atoms with Gasteiger partial charge in [0.15, 0.2) is 0 Å². The van der Waals surface area contributed by atoms with Crippen LogP contribution in [-0.4, -0.2) is 12.3 Å². The van der Waals surface area contributed by atoms with Crippen molar-refractivity contribution in [1.29, 1.82) is 0 Å². The van der Waals surface area contributed by atoms with E-state index in [2.05, 4.69) is 11.1 Å². The molecule has 0 spiro atoms. The molecule has 60 valence electrons. The molecule has 0 aromatic heterocycles. The third-order valence-corrected chi connectivity index (χ3v) is 1.68. The predicted octanol–water partition coefficient (Wildman–Crippen LogP) is 2.18. The summed E-state index contributed by atoms with van der Waals surface area (Å²) in [5.41, 5.74) is 0. The number of alkyl halides is 3. The van der Waals surface area contributed by atoms with Gasteiger partial charge in [0.2, 0.25) is 8.03 Å². The van der Waals surface area contributed by atoms with Crippen LogP contribution in [0.1, 0.15) is 0 Å². The number of hydrogen-bond acceptors (Lipinski definition) is 2. The Morgan fingerprint density at radius 1 is 1.60 bits per heavy atom. The van der Waals surface area contributed by atoms with Crippen LogP contribution in [0.15, 0.2) is 12.8 Å². The molecule has 0 radical (unpaired) electrons. The molecule has 0 heterocycles. The smallest absolute Gasteiger partial charge is 0.398 e. The summed E-state index contributed by atoms with van der Waals surface area (Å²) >= 11 is 0. The average Bonchev–Trinajstić information content (AvgIpc) is 1.59. The number of halogens is 3. The third kappa shape index (κ3) is 5.69. The SMILES string of the molecule is C=CO[PH](=O)CC(F)(F)F. The van der Waals surface area contributed by atoms with Crippen LogP contribution in [0.4, 0.5) is 13.2 Å². The molecular formula is C4H6F3O2P. The van der Waals surface area contributed by atoms with Crippen molar-refractivity contribution in [2.75, 3.05) is 6.16 Å². The zero-order valence-electron chi connectivity index (χ0n) is 4.94. The number of rotatable bonds is 3. The molecular weight excluding hydrogens is 168 g/mol. The Morgan fingerprint density at radius 3 is 2.40 bits per heavy atom. The molecule has 0 bridgehead atoms. The Bertz CT molecular complexity index is 142. The fourth-order valence-electron chi connectivity index (χ4n) is 0.298. The Morgan fingerprint density at radius 2 is 2.10 bits per heavy atom. The summed E-state index contributed by atoms with van der Waals surface area (Å²) in [6.07, 6.45) is -5.06. The van der Waals surface area contributed by atoms with Crippen molar-refractivity contribution in [1.82, 2.24) is 0 Å². The van der Waals surface area contributed by atoms with Gasteiger partial charge in [0.1, 0.15) is 6.16 Å². The summed E-state index contributed by atoms with van der Waals surface area (Å²) in [7, 11) is -2.99. The van der Waals surface area contributed by atoms with Crippen LogP contribution in [0.5, 0.6) is 0 Å². The maximum Gasteiger partial charge on any atom is 0.398 e. The first-order chi connectivity index (χ1) is 4.45. The molecule has 0 saturated carbocycles. The van der Waals surface area contributed by atoms with E-state index in [1.807, 2.05) is 0 Å². The van der Waals surface area contributed by atoms with Crippen molar-refractivity contribution < 1.29 is 22.3 Å². The quantitative estimate of drug-likeness (QED) is 0.484. The van der Waals surface area contributed by atoms with Gasteiger partial charge >= 0.3 is 6.18 Å². The Balaban J connectivity index is 3.68. The second kappa shape index (κ2) is 3.66. The van der Waals surface area contributed by atoms with Gasteiger partial charge in [-0.25, -0.2) is 0 Å². The minimum Gasteiger partial charge on any atom is -0.453 e. The van der Waals surface area contributed by atoms with Gasteiger partial charge in [-0.1, -0.05) is 6.58 Å². The van der Waals surface area contributed by atoms with Gasteiger partial charge in [-0.05, 0) is 0 Å². The summed E-state index contributed by atoms with van der Waals surface area (Å²) in [6, 6.07) is 0. The molecule has 0 rings (SSSR count). The number of hydrogen-bond donors (Lipinski definition) is 0. The molecule has 2 nitrogen and oxygen atoms in total. The van der Waals surface area contributed by atoms with Crippen molar-refractivity contribution in [2.45, 2.75) is 6.18 Å². The topological polar surface area (TPSA) is 26.3 Å². The van der Waals surface area contributed by atoms with E-state index in [1.165, 1.54) is 0 Å². The van der Waals surface area contributed by atoms with Crippen molar-refractivity contribution in [2.24, 2.45) is 0 Å². The van der Waals surface area contributed by atoms with Crippen molar-refractivity contribution in [3.63, 3.8) is 0 Å². The van der Waals surface area contributed by atoms with E-state index in [0.29, 0.717) is 0 Å². The van der Waals surface area contributed by atoms with Gasteiger partial charge < -0.3 is 4.52 Å². The summed E-state index contributed by atoms with van der Waals surface area (Å²) < 4.78 is 48.3. The zero-order valence-corrected chi connectivity index (χ0v) is 5.94. The highest BCUT2D eigenvalue weighted by Gasteiger charge is 2.30. The second-order valence-electron chi connectivity index (χ2n) is 1.45. The van der Waals surface area contributed by atoms with E-state index in [-0.39, 0.29) is 0 Å². The van der Waals surface area contributed by atoms with Gasteiger partial charge in [0, 0.05) is 0 Å². The van der Waals surface area contributed by atoms with Crippen molar-refractivity contribution in [3.8, 4) is 0 Å². The molecule has 0 saturated heterocycles. The van der Waals surface area contributed by atoms with Gasteiger partial charge in [-0.2, -0.15) is 13.2 Å². The third-order valence-electron chi connectivity index (χ3n) is 0.560. The predicted molar refractivity (Wildman–Crippen MR) is 31.2 cm³/mol. The Hall–Kier alpha value is -0.440. The molecule has 1 atom stereocenters. The van der Waals surface area contributed by atoms with E-state index < -0.39 is 20.4 Å². The van der Waals surface area contributed by atoms with Gasteiger partial charge in [-0.3, -0.25) is 4.57 Å². The maximum absolute atomic E-state index is 11.3. The minimum absolute atomic E-state index is 0.743. The van der Waals surface area contributed by atoms with Crippen LogP contribution in [0.2, 0.25) is 0 Å². The van der Waals surface area contributed by atoms with Crippen LogP contribution in [0.25, 0.3) is 0 Å². The summed E-state index contributed by atoms with van der Waals surface area (Å²) in [4.78, 5) is 0. The summed E-state index contributed by atoms with van der Waals surface area (Å²) in [5, 5.41) is 0. The second-order valence-corrected chi connectivity index (χ2v) is 2.78. The standard InChI is InChI=1S/C4H6F3O2P/c1-2-9-10(8)3-4(5,6)7/h2,10H,1,3H2. The van der Waals surface area contributed by atoms with Crippen LogP contribution in [0, 0.1) is 0 Å². The molecule has 0 aliphatic carbocycles. The molecule has 0 aliphatic rings. The van der Waals surface area contributed by atoms with Crippen LogP contribution in [0.3, 0.4) is 0 Å². The summed E-state index contributed by atoms with van der Waals surface area (Å²) in [5.74, 6) is 0. The molecule has 0 amide bonds. The molecule has 0 aromatic rings. The van der Waals surface area contributed by atoms with Crippen LogP contribution >= 0.6 is 8.03 Å². The lowest BCUT2D eigenvalue weighted by Gasteiger charge is -2.04. The highest BCUT2D eigenvalue weighted by atomic mass is 31.1. The van der Waals surface area contributed by atoms with Crippen LogP contribution in [-0.2, 0) is 9.09 Å². The highest BCUT2D eigenvalue weighted by molar-refractivity contribution is 7.39. The van der Waals surface area contributed by atoms with Gasteiger partial charge in [0.05, 0.1) is 6.26 Å². The van der Waals surface area contributed by atoms with Crippen LogP contribution < -0.4 is 0 Å². The van der Waals surface area contributed by atoms with E-state index in [9.17, 15) is 17.7 Å². The molecule has 10 heavy (non-hydrogen) atoms. The first kappa shape index (κ1) is 9.56. The fraction of sp³-hybridized carbons (Fsp3) is 0.500. The normalized spacial score (nSPS) is 14.3. The molecule has 0 fully saturated rings. The first-order valence-electron chi connectivity index (χ1n) is 2.33. The molecule has 6 heteroatoms. The lowest BCUT2D eigenvalue weighted by Crippen LogP contribution is -2.10. The van der Waals surface area contributed by atoms with Crippen molar-refractivity contribution >= 4 is 8.03 Å². The van der Waals surface area contributed by atoms with Gasteiger partial charge in [-0.15, -0.1) is 0 Å². The van der Waals surface area contributed by atoms with E-state index >= 15 is 0 Å². The average molecular weight is 174 g/mol. The summed E-state index contributed by atoms with van der Waals surface area (Å²) in [6.45, 7) is 2.97. The first-order valence-corrected chi connectivity index (χ1v) is 3.85. The van der Waals surface area contributed by atoms with E-state index in [1.54, 1.807) is 0 Å². The van der Waals surface area contributed by atoms with E-state index in [4.69, 9.17) is 0 Å². The highest BCUT2D eigenvalue weighted by Crippen LogP contribution is 2.31. The lowest BCUT2D eigenvalue weighted by atomic mass is 10.8. The maximum atomic E-state index is 11.3. The minimum atomic E-state index is -4.42.